The molecule has 0 spiro atoms. The summed E-state index contributed by atoms with van der Waals surface area (Å²) in [5.41, 5.74) is 0.332. The Hall–Kier alpha value is -3.16. The van der Waals surface area contributed by atoms with Crippen LogP contribution in [-0.4, -0.2) is 56.0 Å². The molecule has 1 unspecified atom stereocenters. The number of hydrogen-bond donors (Lipinski definition) is 1. The summed E-state index contributed by atoms with van der Waals surface area (Å²) in [5.74, 6) is -2.59. The number of rotatable bonds is 6. The van der Waals surface area contributed by atoms with Gasteiger partial charge in [0.2, 0.25) is 5.91 Å². The van der Waals surface area contributed by atoms with Crippen LogP contribution < -0.4 is 15.0 Å². The first-order valence-electron chi connectivity index (χ1n) is 10.2. The third kappa shape index (κ3) is 5.13. The van der Waals surface area contributed by atoms with Gasteiger partial charge in [-0.3, -0.25) is 9.59 Å². The average Bonchev–Trinajstić information content (AvgIpc) is 2.77. The predicted octanol–water partition coefficient (Wildman–Crippen LogP) is 3.08. The van der Waals surface area contributed by atoms with Crippen molar-refractivity contribution in [3.63, 3.8) is 0 Å². The molecule has 0 saturated carbocycles. The maximum atomic E-state index is 14.0. The lowest BCUT2D eigenvalue weighted by Gasteiger charge is -2.38. The van der Waals surface area contributed by atoms with Crippen LogP contribution in [0.15, 0.2) is 42.5 Å². The highest BCUT2D eigenvalue weighted by atomic mass is 19.1. The second-order valence-electron chi connectivity index (χ2n) is 7.81. The summed E-state index contributed by atoms with van der Waals surface area (Å²) in [5, 5.41) is 2.53. The molecule has 1 heterocycles. The normalized spacial score (nSPS) is 15.0. The van der Waals surface area contributed by atoms with E-state index in [1.165, 1.54) is 6.07 Å². The molecule has 1 aliphatic heterocycles. The van der Waals surface area contributed by atoms with E-state index in [4.69, 9.17) is 4.74 Å². The van der Waals surface area contributed by atoms with Gasteiger partial charge in [-0.05, 0) is 30.2 Å². The van der Waals surface area contributed by atoms with E-state index >= 15 is 0 Å². The standard InChI is InChI=1S/C23H27F2N3O3/c1-15(2)21(26-22(29)20-18(24)8-5-9-19(20)25)23(30)28-12-10-27(11-13-28)16-6-4-7-17(14-16)31-3/h4-9,14-15,21H,10-13H2,1-3H3,(H,26,29). The first-order valence-corrected chi connectivity index (χ1v) is 10.2. The number of methoxy groups -OCH3 is 1. The molecule has 6 nitrogen and oxygen atoms in total. The summed E-state index contributed by atoms with van der Waals surface area (Å²) < 4.78 is 33.2. The Balaban J connectivity index is 1.66. The van der Waals surface area contributed by atoms with E-state index in [0.29, 0.717) is 26.2 Å². The molecule has 3 rings (SSSR count). The molecule has 0 bridgehead atoms. The fourth-order valence-electron chi connectivity index (χ4n) is 3.63. The Bertz CT molecular complexity index is 923. The number of benzene rings is 2. The molecule has 0 aromatic heterocycles. The lowest BCUT2D eigenvalue weighted by molar-refractivity contribution is -0.134. The highest BCUT2D eigenvalue weighted by Gasteiger charge is 2.32. The van der Waals surface area contributed by atoms with Crippen molar-refractivity contribution in [3.05, 3.63) is 59.7 Å². The van der Waals surface area contributed by atoms with Gasteiger partial charge in [0, 0.05) is 37.9 Å². The summed E-state index contributed by atoms with van der Waals surface area (Å²) in [7, 11) is 1.61. The van der Waals surface area contributed by atoms with Crippen LogP contribution >= 0.6 is 0 Å². The first kappa shape index (κ1) is 22.5. The van der Waals surface area contributed by atoms with Crippen LogP contribution in [0.5, 0.6) is 5.75 Å². The molecule has 1 saturated heterocycles. The molecule has 8 heteroatoms. The zero-order chi connectivity index (χ0) is 22.5. The molecule has 0 radical (unpaired) electrons. The predicted molar refractivity (Wildman–Crippen MR) is 114 cm³/mol. The van der Waals surface area contributed by atoms with Crippen molar-refractivity contribution < 1.29 is 23.1 Å². The lowest BCUT2D eigenvalue weighted by Crippen LogP contribution is -2.56. The largest absolute Gasteiger partial charge is 0.497 e. The quantitative estimate of drug-likeness (QED) is 0.764. The maximum absolute atomic E-state index is 14.0. The van der Waals surface area contributed by atoms with E-state index in [1.54, 1.807) is 25.9 Å². The molecule has 2 amide bonds. The van der Waals surface area contributed by atoms with E-state index in [-0.39, 0.29) is 11.8 Å². The highest BCUT2D eigenvalue weighted by Crippen LogP contribution is 2.22. The summed E-state index contributed by atoms with van der Waals surface area (Å²) in [6.07, 6.45) is 0. The minimum Gasteiger partial charge on any atom is -0.497 e. The van der Waals surface area contributed by atoms with E-state index in [9.17, 15) is 18.4 Å². The smallest absolute Gasteiger partial charge is 0.257 e. The topological polar surface area (TPSA) is 61.9 Å². The van der Waals surface area contributed by atoms with E-state index in [0.717, 1.165) is 23.6 Å². The van der Waals surface area contributed by atoms with Crippen LogP contribution in [-0.2, 0) is 4.79 Å². The van der Waals surface area contributed by atoms with Crippen LogP contribution in [0.25, 0.3) is 0 Å². The van der Waals surface area contributed by atoms with Crippen LogP contribution in [0.3, 0.4) is 0 Å². The third-order valence-corrected chi connectivity index (χ3v) is 5.42. The summed E-state index contributed by atoms with van der Waals surface area (Å²) in [6.45, 7) is 5.77. The maximum Gasteiger partial charge on any atom is 0.257 e. The fraction of sp³-hybridized carbons (Fsp3) is 0.391. The Kier molecular flexibility index (Phi) is 7.09. The number of nitrogens with zero attached hydrogens (tertiary/aromatic N) is 2. The minimum absolute atomic E-state index is 0.248. The van der Waals surface area contributed by atoms with E-state index in [1.807, 2.05) is 24.3 Å². The highest BCUT2D eigenvalue weighted by molar-refractivity contribution is 5.98. The Labute approximate surface area is 180 Å². The van der Waals surface area contributed by atoms with Crippen molar-refractivity contribution in [2.75, 3.05) is 38.2 Å². The molecule has 2 aromatic carbocycles. The van der Waals surface area contributed by atoms with Crippen molar-refractivity contribution in [2.45, 2.75) is 19.9 Å². The summed E-state index contributed by atoms with van der Waals surface area (Å²) in [4.78, 5) is 29.4. The van der Waals surface area contributed by atoms with Crippen molar-refractivity contribution in [3.8, 4) is 5.75 Å². The molecule has 2 aromatic rings. The molecule has 31 heavy (non-hydrogen) atoms. The molecule has 1 N–H and O–H groups in total. The number of carbonyl (C=O) groups excluding carboxylic acids is 2. The van der Waals surface area contributed by atoms with Gasteiger partial charge in [0.05, 0.1) is 7.11 Å². The minimum atomic E-state index is -0.959. The van der Waals surface area contributed by atoms with Gasteiger partial charge in [-0.1, -0.05) is 26.0 Å². The van der Waals surface area contributed by atoms with Crippen molar-refractivity contribution >= 4 is 17.5 Å². The number of ether oxygens (including phenoxy) is 1. The van der Waals surface area contributed by atoms with Crippen molar-refractivity contribution in [1.29, 1.82) is 0 Å². The average molecular weight is 431 g/mol. The molecular weight excluding hydrogens is 404 g/mol. The lowest BCUT2D eigenvalue weighted by atomic mass is 10.0. The Morgan fingerprint density at radius 3 is 2.19 bits per heavy atom. The van der Waals surface area contributed by atoms with Crippen LogP contribution in [0.1, 0.15) is 24.2 Å². The van der Waals surface area contributed by atoms with Crippen molar-refractivity contribution in [1.82, 2.24) is 10.2 Å². The second kappa shape index (κ2) is 9.76. The van der Waals surface area contributed by atoms with Crippen molar-refractivity contribution in [2.24, 2.45) is 5.92 Å². The summed E-state index contributed by atoms with van der Waals surface area (Å²) >= 11 is 0. The van der Waals surface area contributed by atoms with Gasteiger partial charge in [-0.25, -0.2) is 8.78 Å². The Morgan fingerprint density at radius 2 is 1.61 bits per heavy atom. The zero-order valence-corrected chi connectivity index (χ0v) is 17.9. The van der Waals surface area contributed by atoms with Crippen LogP contribution in [0, 0.1) is 17.6 Å². The van der Waals surface area contributed by atoms with Crippen LogP contribution in [0.2, 0.25) is 0 Å². The van der Waals surface area contributed by atoms with Gasteiger partial charge < -0.3 is 19.9 Å². The molecule has 166 valence electrons. The third-order valence-electron chi connectivity index (χ3n) is 5.42. The second-order valence-corrected chi connectivity index (χ2v) is 7.81. The van der Waals surface area contributed by atoms with E-state index in [2.05, 4.69) is 10.2 Å². The zero-order valence-electron chi connectivity index (χ0n) is 17.9. The van der Waals surface area contributed by atoms with Gasteiger partial charge in [-0.2, -0.15) is 0 Å². The number of halogens is 2. The first-order chi connectivity index (χ1) is 14.8. The summed E-state index contributed by atoms with van der Waals surface area (Å²) in [6, 6.07) is 10.1. The number of anilines is 1. The SMILES string of the molecule is COc1cccc(N2CCN(C(=O)C(NC(=O)c3c(F)cccc3F)C(C)C)CC2)c1. The molecule has 0 aliphatic carbocycles. The van der Waals surface area contributed by atoms with Gasteiger partial charge in [0.1, 0.15) is 29.0 Å². The monoisotopic (exact) mass is 431 g/mol. The van der Waals surface area contributed by atoms with Gasteiger partial charge in [0.15, 0.2) is 0 Å². The molecule has 1 atom stereocenters. The molecular formula is C23H27F2N3O3. The van der Waals surface area contributed by atoms with Gasteiger partial charge >= 0.3 is 0 Å². The van der Waals surface area contributed by atoms with Crippen LogP contribution in [0.4, 0.5) is 14.5 Å². The van der Waals surface area contributed by atoms with E-state index < -0.39 is 29.1 Å². The number of carbonyl (C=O) groups is 2. The number of amides is 2. The number of piperazine rings is 1. The number of nitrogens with one attached hydrogen (secondary N) is 1. The van der Waals surface area contributed by atoms with Gasteiger partial charge in [0.25, 0.3) is 5.91 Å². The fourth-order valence-corrected chi connectivity index (χ4v) is 3.63. The Morgan fingerprint density at radius 1 is 1.00 bits per heavy atom. The molecule has 1 aliphatic rings. The van der Waals surface area contributed by atoms with Gasteiger partial charge in [-0.15, -0.1) is 0 Å². The number of hydrogen-bond acceptors (Lipinski definition) is 4. The molecule has 1 fully saturated rings.